The van der Waals surface area contributed by atoms with Crippen LogP contribution in [0.4, 0.5) is 4.79 Å². The number of amides is 1. The third kappa shape index (κ3) is 5.68. The molecule has 0 aromatic heterocycles. The van der Waals surface area contributed by atoms with Gasteiger partial charge in [0.05, 0.1) is 19.3 Å². The van der Waals surface area contributed by atoms with Crippen LogP contribution in [0.25, 0.3) is 0 Å². The van der Waals surface area contributed by atoms with Crippen molar-refractivity contribution < 1.29 is 14.3 Å². The van der Waals surface area contributed by atoms with E-state index in [1.165, 1.54) is 0 Å². The molecular weight excluding hydrogens is 364 g/mol. The first kappa shape index (κ1) is 20.6. The fourth-order valence-corrected chi connectivity index (χ4v) is 4.47. The molecule has 0 bridgehead atoms. The second-order valence-electron chi connectivity index (χ2n) is 7.68. The van der Waals surface area contributed by atoms with Gasteiger partial charge in [0, 0.05) is 45.3 Å². The number of cyclic esters (lactones) is 1. The second kappa shape index (κ2) is 10.4. The number of nitrogens with one attached hydrogen (secondary N) is 1. The molecule has 0 aromatic carbocycles. The van der Waals surface area contributed by atoms with Gasteiger partial charge in [-0.1, -0.05) is 19.8 Å². The smallest absolute Gasteiger partial charge is 0.410 e. The zero-order valence-corrected chi connectivity index (χ0v) is 17.3. The monoisotopic (exact) mass is 398 g/mol. The summed E-state index contributed by atoms with van der Waals surface area (Å²) in [6, 6.07) is 0.543. The SMILES string of the molecule is CCCCC1COC(=O)N1C1CCN(C(=S)NCCN2CCOCC2)CC1. The van der Waals surface area contributed by atoms with Crippen LogP contribution in [0.5, 0.6) is 0 Å². The summed E-state index contributed by atoms with van der Waals surface area (Å²) in [6.45, 7) is 10.1. The van der Waals surface area contributed by atoms with Crippen molar-refractivity contribution in [3.63, 3.8) is 0 Å². The van der Waals surface area contributed by atoms with Crippen molar-refractivity contribution >= 4 is 23.4 Å². The molecule has 0 spiro atoms. The molecule has 0 aliphatic carbocycles. The van der Waals surface area contributed by atoms with Crippen LogP contribution < -0.4 is 5.32 Å². The highest BCUT2D eigenvalue weighted by atomic mass is 32.1. The summed E-state index contributed by atoms with van der Waals surface area (Å²) in [5.74, 6) is 0. The minimum Gasteiger partial charge on any atom is -0.447 e. The lowest BCUT2D eigenvalue weighted by molar-refractivity contribution is 0.0388. The van der Waals surface area contributed by atoms with Crippen molar-refractivity contribution in [3.8, 4) is 0 Å². The number of rotatable bonds is 7. The molecule has 8 heteroatoms. The largest absolute Gasteiger partial charge is 0.447 e. The lowest BCUT2D eigenvalue weighted by Crippen LogP contribution is -2.52. The Morgan fingerprint density at radius 2 is 1.96 bits per heavy atom. The Morgan fingerprint density at radius 1 is 1.22 bits per heavy atom. The zero-order valence-electron chi connectivity index (χ0n) is 16.5. The molecule has 3 aliphatic rings. The first-order valence-electron chi connectivity index (χ1n) is 10.5. The van der Waals surface area contributed by atoms with Gasteiger partial charge in [-0.3, -0.25) is 9.80 Å². The number of piperidine rings is 1. The van der Waals surface area contributed by atoms with Crippen LogP contribution in [0.15, 0.2) is 0 Å². The summed E-state index contributed by atoms with van der Waals surface area (Å²) in [4.78, 5) is 18.9. The van der Waals surface area contributed by atoms with Gasteiger partial charge in [-0.15, -0.1) is 0 Å². The highest BCUT2D eigenvalue weighted by Gasteiger charge is 2.39. The van der Waals surface area contributed by atoms with Crippen LogP contribution >= 0.6 is 12.2 Å². The summed E-state index contributed by atoms with van der Waals surface area (Å²) in [7, 11) is 0. The zero-order chi connectivity index (χ0) is 19.1. The molecule has 27 heavy (non-hydrogen) atoms. The number of nitrogens with zero attached hydrogens (tertiary/aromatic N) is 3. The summed E-state index contributed by atoms with van der Waals surface area (Å²) in [6.07, 6.45) is 5.14. The highest BCUT2D eigenvalue weighted by Crippen LogP contribution is 2.26. The number of hydrogen-bond acceptors (Lipinski definition) is 5. The van der Waals surface area contributed by atoms with Gasteiger partial charge in [0.1, 0.15) is 6.61 Å². The van der Waals surface area contributed by atoms with Gasteiger partial charge in [0.25, 0.3) is 0 Å². The van der Waals surface area contributed by atoms with E-state index in [0.29, 0.717) is 6.61 Å². The Bertz CT molecular complexity index is 493. The van der Waals surface area contributed by atoms with Crippen molar-refractivity contribution in [3.05, 3.63) is 0 Å². The summed E-state index contributed by atoms with van der Waals surface area (Å²) in [5.41, 5.74) is 0. The molecule has 1 N–H and O–H groups in total. The minimum atomic E-state index is -0.124. The molecule has 3 heterocycles. The Labute approximate surface area is 168 Å². The lowest BCUT2D eigenvalue weighted by atomic mass is 10.0. The molecule has 0 radical (unpaired) electrons. The first-order valence-corrected chi connectivity index (χ1v) is 10.9. The Morgan fingerprint density at radius 3 is 2.67 bits per heavy atom. The normalized spacial score (nSPS) is 24.9. The maximum Gasteiger partial charge on any atom is 0.410 e. The molecule has 1 unspecified atom stereocenters. The Balaban J connectivity index is 1.38. The van der Waals surface area contributed by atoms with Crippen LogP contribution in [-0.2, 0) is 9.47 Å². The molecule has 1 amide bonds. The van der Waals surface area contributed by atoms with E-state index in [1.54, 1.807) is 0 Å². The quantitative estimate of drug-likeness (QED) is 0.655. The number of carbonyl (C=O) groups is 1. The van der Waals surface area contributed by atoms with Crippen LogP contribution in [-0.4, -0.2) is 97.1 Å². The van der Waals surface area contributed by atoms with Gasteiger partial charge in [-0.25, -0.2) is 4.79 Å². The summed E-state index contributed by atoms with van der Waals surface area (Å²) >= 11 is 5.58. The molecule has 3 rings (SSSR count). The summed E-state index contributed by atoms with van der Waals surface area (Å²) < 4.78 is 10.7. The van der Waals surface area contributed by atoms with Gasteiger partial charge in [-0.05, 0) is 31.5 Å². The van der Waals surface area contributed by atoms with Gasteiger partial charge in [-0.2, -0.15) is 0 Å². The predicted octanol–water partition coefficient (Wildman–Crippen LogP) is 1.67. The lowest BCUT2D eigenvalue weighted by Gasteiger charge is -2.39. The fraction of sp³-hybridized carbons (Fsp3) is 0.895. The van der Waals surface area contributed by atoms with E-state index in [9.17, 15) is 4.79 Å². The van der Waals surface area contributed by atoms with Crippen LogP contribution in [0.1, 0.15) is 39.0 Å². The van der Waals surface area contributed by atoms with Gasteiger partial charge < -0.3 is 19.7 Å². The molecule has 1 atom stereocenters. The summed E-state index contributed by atoms with van der Waals surface area (Å²) in [5, 5.41) is 4.24. The second-order valence-corrected chi connectivity index (χ2v) is 8.07. The van der Waals surface area contributed by atoms with E-state index in [2.05, 4.69) is 22.0 Å². The highest BCUT2D eigenvalue weighted by molar-refractivity contribution is 7.80. The number of thiocarbonyl (C=S) groups is 1. The number of hydrogen-bond donors (Lipinski definition) is 1. The third-order valence-corrected chi connectivity index (χ3v) is 6.25. The van der Waals surface area contributed by atoms with Crippen molar-refractivity contribution in [2.45, 2.75) is 51.1 Å². The molecule has 154 valence electrons. The van der Waals surface area contributed by atoms with E-state index < -0.39 is 0 Å². The van der Waals surface area contributed by atoms with Gasteiger partial charge in [0.2, 0.25) is 0 Å². The van der Waals surface area contributed by atoms with Crippen molar-refractivity contribution in [2.75, 3.05) is 59.1 Å². The van der Waals surface area contributed by atoms with E-state index in [4.69, 9.17) is 21.7 Å². The predicted molar refractivity (Wildman–Crippen MR) is 109 cm³/mol. The maximum absolute atomic E-state index is 12.2. The van der Waals surface area contributed by atoms with E-state index in [1.807, 2.05) is 4.90 Å². The average Bonchev–Trinajstić information content (AvgIpc) is 3.07. The minimum absolute atomic E-state index is 0.124. The number of morpholine rings is 1. The van der Waals surface area contributed by atoms with Crippen molar-refractivity contribution in [1.29, 1.82) is 0 Å². The molecule has 7 nitrogen and oxygen atoms in total. The molecule has 3 fully saturated rings. The molecule has 3 saturated heterocycles. The average molecular weight is 399 g/mol. The molecule has 0 saturated carbocycles. The standard InChI is InChI=1S/C19H34N4O3S/c1-2-3-4-17-15-26-19(24)23(17)16-5-8-22(9-6-16)18(27)20-7-10-21-11-13-25-14-12-21/h16-17H,2-15H2,1H3,(H,20,27). The molecule has 0 aromatic rings. The maximum atomic E-state index is 12.2. The number of likely N-dealkylation sites (tertiary alicyclic amines) is 1. The number of unbranched alkanes of at least 4 members (excludes halogenated alkanes) is 1. The number of ether oxygens (including phenoxy) is 2. The fourth-order valence-electron chi connectivity index (χ4n) is 4.19. The van der Waals surface area contributed by atoms with Crippen LogP contribution in [0, 0.1) is 0 Å². The number of carbonyl (C=O) groups excluding carboxylic acids is 1. The van der Waals surface area contributed by atoms with E-state index in [-0.39, 0.29) is 18.2 Å². The van der Waals surface area contributed by atoms with Crippen LogP contribution in [0.3, 0.4) is 0 Å². The molecular formula is C19H34N4O3S. The third-order valence-electron chi connectivity index (χ3n) is 5.85. The topological polar surface area (TPSA) is 57.3 Å². The first-order chi connectivity index (χ1) is 13.2. The van der Waals surface area contributed by atoms with Gasteiger partial charge >= 0.3 is 6.09 Å². The molecule has 3 aliphatic heterocycles. The van der Waals surface area contributed by atoms with E-state index in [0.717, 1.165) is 89.7 Å². The Kier molecular flexibility index (Phi) is 7.96. The Hall–Kier alpha value is -1.12. The van der Waals surface area contributed by atoms with Gasteiger partial charge in [0.15, 0.2) is 5.11 Å². The van der Waals surface area contributed by atoms with Crippen molar-refractivity contribution in [1.82, 2.24) is 20.0 Å². The van der Waals surface area contributed by atoms with E-state index >= 15 is 0 Å². The van der Waals surface area contributed by atoms with Crippen molar-refractivity contribution in [2.24, 2.45) is 0 Å². The van der Waals surface area contributed by atoms with Crippen LogP contribution in [0.2, 0.25) is 0 Å².